The molecule has 0 bridgehead atoms. The van der Waals surface area contributed by atoms with Gasteiger partial charge < -0.3 is 10.1 Å². The predicted octanol–water partition coefficient (Wildman–Crippen LogP) is 4.62. The minimum absolute atomic E-state index is 0.0494. The van der Waals surface area contributed by atoms with Crippen LogP contribution in [0.2, 0.25) is 5.02 Å². The first-order valence-corrected chi connectivity index (χ1v) is 11.7. The van der Waals surface area contributed by atoms with E-state index in [9.17, 15) is 9.59 Å². The second-order valence-electron chi connectivity index (χ2n) is 7.02. The molecule has 2 aromatic carbocycles. The number of carbonyl (C=O) groups excluding carboxylic acids is 1. The SMILES string of the molecule is CCOc1ccccc1NC(=O)CSc1nc2ncccc2c(=O)n1Cc1ccccc1Cl. The van der Waals surface area contributed by atoms with Gasteiger partial charge in [0.05, 0.1) is 30.0 Å². The van der Waals surface area contributed by atoms with E-state index >= 15 is 0 Å². The summed E-state index contributed by atoms with van der Waals surface area (Å²) >= 11 is 7.49. The average Bonchev–Trinajstić information content (AvgIpc) is 2.82. The summed E-state index contributed by atoms with van der Waals surface area (Å²) in [6, 6.07) is 17.9. The fraction of sp³-hybridized carbons (Fsp3) is 0.167. The fourth-order valence-electron chi connectivity index (χ4n) is 3.25. The molecule has 0 fully saturated rings. The lowest BCUT2D eigenvalue weighted by Crippen LogP contribution is -2.25. The highest BCUT2D eigenvalue weighted by molar-refractivity contribution is 7.99. The van der Waals surface area contributed by atoms with Crippen molar-refractivity contribution in [2.24, 2.45) is 0 Å². The smallest absolute Gasteiger partial charge is 0.263 e. The van der Waals surface area contributed by atoms with E-state index in [1.807, 2.05) is 37.3 Å². The number of ether oxygens (including phenoxy) is 1. The molecule has 2 aromatic heterocycles. The van der Waals surface area contributed by atoms with Crippen LogP contribution in [0.5, 0.6) is 5.75 Å². The number of carbonyl (C=O) groups is 1. The Morgan fingerprint density at radius 3 is 2.73 bits per heavy atom. The molecular formula is C24H21ClN4O3S. The maximum absolute atomic E-state index is 13.2. The second kappa shape index (κ2) is 10.5. The van der Waals surface area contributed by atoms with Crippen LogP contribution in [0.25, 0.3) is 11.0 Å². The number of amides is 1. The molecule has 0 aliphatic carbocycles. The molecule has 4 rings (SSSR count). The summed E-state index contributed by atoms with van der Waals surface area (Å²) in [5.74, 6) is 0.405. The van der Waals surface area contributed by atoms with Crippen molar-refractivity contribution in [1.82, 2.24) is 14.5 Å². The number of halogens is 1. The number of nitrogens with one attached hydrogen (secondary N) is 1. The van der Waals surface area contributed by atoms with Crippen molar-refractivity contribution in [2.45, 2.75) is 18.6 Å². The zero-order valence-corrected chi connectivity index (χ0v) is 19.4. The highest BCUT2D eigenvalue weighted by Crippen LogP contribution is 2.25. The number of hydrogen-bond acceptors (Lipinski definition) is 6. The van der Waals surface area contributed by atoms with Crippen molar-refractivity contribution in [1.29, 1.82) is 0 Å². The van der Waals surface area contributed by atoms with Gasteiger partial charge in [-0.15, -0.1) is 0 Å². The summed E-state index contributed by atoms with van der Waals surface area (Å²) in [4.78, 5) is 34.7. The van der Waals surface area contributed by atoms with Crippen LogP contribution in [0.15, 0.2) is 76.8 Å². The van der Waals surface area contributed by atoms with Gasteiger partial charge in [-0.05, 0) is 42.8 Å². The highest BCUT2D eigenvalue weighted by atomic mass is 35.5. The molecule has 4 aromatic rings. The molecule has 0 spiro atoms. The van der Waals surface area contributed by atoms with Crippen molar-refractivity contribution in [3.05, 3.63) is 87.8 Å². The van der Waals surface area contributed by atoms with E-state index in [4.69, 9.17) is 16.3 Å². The molecule has 33 heavy (non-hydrogen) atoms. The molecule has 7 nitrogen and oxygen atoms in total. The number of anilines is 1. The molecule has 9 heteroatoms. The van der Waals surface area contributed by atoms with Gasteiger partial charge in [0, 0.05) is 11.2 Å². The summed E-state index contributed by atoms with van der Waals surface area (Å²) in [5, 5.41) is 4.21. The van der Waals surface area contributed by atoms with Crippen LogP contribution in [0.4, 0.5) is 5.69 Å². The first-order valence-electron chi connectivity index (χ1n) is 10.3. The van der Waals surface area contributed by atoms with Gasteiger partial charge in [0.15, 0.2) is 10.8 Å². The Bertz CT molecular complexity index is 1360. The Morgan fingerprint density at radius 2 is 1.91 bits per heavy atom. The predicted molar refractivity (Wildman–Crippen MR) is 131 cm³/mol. The van der Waals surface area contributed by atoms with Gasteiger partial charge in [0.1, 0.15) is 5.75 Å². The summed E-state index contributed by atoms with van der Waals surface area (Å²) in [5.41, 5.74) is 1.47. The van der Waals surface area contributed by atoms with Crippen molar-refractivity contribution < 1.29 is 9.53 Å². The van der Waals surface area contributed by atoms with E-state index in [-0.39, 0.29) is 23.8 Å². The Kier molecular flexibility index (Phi) is 7.26. The van der Waals surface area contributed by atoms with Gasteiger partial charge >= 0.3 is 0 Å². The van der Waals surface area contributed by atoms with E-state index in [0.717, 1.165) is 17.3 Å². The van der Waals surface area contributed by atoms with Crippen LogP contribution in [0, 0.1) is 0 Å². The summed E-state index contributed by atoms with van der Waals surface area (Å²) in [6.45, 7) is 2.60. The van der Waals surface area contributed by atoms with Crippen molar-refractivity contribution in [3.8, 4) is 5.75 Å². The highest BCUT2D eigenvalue weighted by Gasteiger charge is 2.16. The number of para-hydroxylation sites is 2. The van der Waals surface area contributed by atoms with Gasteiger partial charge in [-0.1, -0.05) is 53.7 Å². The molecule has 0 radical (unpaired) electrons. The number of benzene rings is 2. The third-order valence-electron chi connectivity index (χ3n) is 4.77. The summed E-state index contributed by atoms with van der Waals surface area (Å²) in [7, 11) is 0. The van der Waals surface area contributed by atoms with Crippen LogP contribution in [-0.2, 0) is 11.3 Å². The number of pyridine rings is 1. The second-order valence-corrected chi connectivity index (χ2v) is 8.37. The van der Waals surface area contributed by atoms with Gasteiger partial charge in [-0.2, -0.15) is 0 Å². The molecule has 1 amide bonds. The minimum atomic E-state index is -0.244. The lowest BCUT2D eigenvalue weighted by Gasteiger charge is -2.14. The molecule has 0 aliphatic rings. The molecule has 2 heterocycles. The Hall–Kier alpha value is -3.36. The molecule has 0 unspecified atom stereocenters. The molecule has 168 valence electrons. The van der Waals surface area contributed by atoms with Crippen LogP contribution >= 0.6 is 23.4 Å². The zero-order valence-electron chi connectivity index (χ0n) is 17.8. The molecule has 0 aliphatic heterocycles. The Morgan fingerprint density at radius 1 is 1.12 bits per heavy atom. The quantitative estimate of drug-likeness (QED) is 0.292. The van der Waals surface area contributed by atoms with E-state index in [1.54, 1.807) is 36.5 Å². The zero-order chi connectivity index (χ0) is 23.2. The Balaban J connectivity index is 1.61. The van der Waals surface area contributed by atoms with Crippen molar-refractivity contribution in [2.75, 3.05) is 17.7 Å². The summed E-state index contributed by atoms with van der Waals surface area (Å²) < 4.78 is 7.09. The van der Waals surface area contributed by atoms with Gasteiger partial charge in [-0.25, -0.2) is 9.97 Å². The third kappa shape index (κ3) is 5.35. The topological polar surface area (TPSA) is 86.1 Å². The van der Waals surface area contributed by atoms with Crippen LogP contribution in [0.3, 0.4) is 0 Å². The number of thioether (sulfide) groups is 1. The standard InChI is InChI=1S/C24H21ClN4O3S/c1-2-32-20-12-6-5-11-19(20)27-21(30)15-33-24-28-22-17(9-7-13-26-22)23(31)29(24)14-16-8-3-4-10-18(16)25/h3-13H,2,14-15H2,1H3,(H,27,30). The maximum Gasteiger partial charge on any atom is 0.263 e. The normalized spacial score (nSPS) is 10.8. The molecular weight excluding hydrogens is 460 g/mol. The molecule has 0 saturated carbocycles. The van der Waals surface area contributed by atoms with Crippen LogP contribution in [0.1, 0.15) is 12.5 Å². The van der Waals surface area contributed by atoms with E-state index in [1.165, 1.54) is 4.57 Å². The number of hydrogen-bond donors (Lipinski definition) is 1. The lowest BCUT2D eigenvalue weighted by molar-refractivity contribution is -0.113. The number of rotatable bonds is 8. The monoisotopic (exact) mass is 480 g/mol. The molecule has 0 atom stereocenters. The third-order valence-corrected chi connectivity index (χ3v) is 6.12. The van der Waals surface area contributed by atoms with Crippen molar-refractivity contribution in [3.63, 3.8) is 0 Å². The number of aromatic nitrogens is 3. The van der Waals surface area contributed by atoms with Crippen LogP contribution < -0.4 is 15.6 Å². The number of nitrogens with zero attached hydrogens (tertiary/aromatic N) is 3. The lowest BCUT2D eigenvalue weighted by atomic mass is 10.2. The average molecular weight is 481 g/mol. The van der Waals surface area contributed by atoms with Crippen molar-refractivity contribution >= 4 is 46.0 Å². The van der Waals surface area contributed by atoms with Gasteiger partial charge in [-0.3, -0.25) is 14.2 Å². The van der Waals surface area contributed by atoms with E-state index in [0.29, 0.717) is 39.3 Å². The first kappa shape index (κ1) is 22.8. The maximum atomic E-state index is 13.2. The Labute approximate surface area is 199 Å². The molecule has 0 saturated heterocycles. The molecule has 1 N–H and O–H groups in total. The first-order chi connectivity index (χ1) is 16.1. The fourth-order valence-corrected chi connectivity index (χ4v) is 4.23. The van der Waals surface area contributed by atoms with Gasteiger partial charge in [0.2, 0.25) is 5.91 Å². The van der Waals surface area contributed by atoms with E-state index < -0.39 is 0 Å². The summed E-state index contributed by atoms with van der Waals surface area (Å²) in [6.07, 6.45) is 1.58. The minimum Gasteiger partial charge on any atom is -0.492 e. The van der Waals surface area contributed by atoms with E-state index in [2.05, 4.69) is 15.3 Å². The number of fused-ring (bicyclic) bond motifs is 1. The largest absolute Gasteiger partial charge is 0.492 e. The van der Waals surface area contributed by atoms with Crippen LogP contribution in [-0.4, -0.2) is 32.8 Å². The van der Waals surface area contributed by atoms with Gasteiger partial charge in [0.25, 0.3) is 5.56 Å².